The van der Waals surface area contributed by atoms with E-state index in [-0.39, 0.29) is 24.7 Å². The Hall–Kier alpha value is -2.10. The van der Waals surface area contributed by atoms with Gasteiger partial charge in [-0.15, -0.1) is 0 Å². The van der Waals surface area contributed by atoms with Gasteiger partial charge in [-0.25, -0.2) is 9.97 Å². The van der Waals surface area contributed by atoms with Crippen molar-refractivity contribution in [2.24, 2.45) is 0 Å². The molecule has 3 N–H and O–H groups in total. The number of pyridine rings is 1. The molecule has 0 unspecified atom stereocenters. The minimum absolute atomic E-state index is 0.192. The summed E-state index contributed by atoms with van der Waals surface area (Å²) >= 11 is 0. The summed E-state index contributed by atoms with van der Waals surface area (Å²) < 4.78 is 37.7. The van der Waals surface area contributed by atoms with E-state index < -0.39 is 23.4 Å². The molecule has 2 aromatic heterocycles. The van der Waals surface area contributed by atoms with Crippen LogP contribution in [-0.4, -0.2) is 43.4 Å². The van der Waals surface area contributed by atoms with Crippen LogP contribution in [0, 0.1) is 0 Å². The van der Waals surface area contributed by atoms with Crippen LogP contribution in [-0.2, 0) is 12.7 Å². The molecule has 136 valence electrons. The minimum atomic E-state index is -4.45. The Morgan fingerprint density at radius 3 is 2.40 bits per heavy atom. The Morgan fingerprint density at radius 2 is 1.88 bits per heavy atom. The number of alkyl halides is 3. The number of nitrogens with zero attached hydrogens (tertiary/aromatic N) is 3. The molecule has 2 rings (SSSR count). The minimum Gasteiger partial charge on any atom is -0.395 e. The summed E-state index contributed by atoms with van der Waals surface area (Å²) in [6.07, 6.45) is -2.25. The van der Waals surface area contributed by atoms with E-state index >= 15 is 0 Å². The molecule has 0 aliphatic rings. The summed E-state index contributed by atoms with van der Waals surface area (Å²) in [5.41, 5.74) is -1.20. The average Bonchev–Trinajstić information content (AvgIpc) is 2.54. The molecular formula is C16H19F3N4O2. The highest BCUT2D eigenvalue weighted by Crippen LogP contribution is 2.29. The lowest BCUT2D eigenvalue weighted by Gasteiger charge is -2.28. The average molecular weight is 356 g/mol. The van der Waals surface area contributed by atoms with Crippen LogP contribution in [0.25, 0.3) is 11.5 Å². The van der Waals surface area contributed by atoms with Crippen LogP contribution >= 0.6 is 0 Å². The van der Waals surface area contributed by atoms with E-state index in [1.807, 2.05) is 0 Å². The van der Waals surface area contributed by atoms with E-state index in [1.54, 1.807) is 19.9 Å². The lowest BCUT2D eigenvalue weighted by atomic mass is 10.00. The standard InChI is InChI=1S/C16H19F3N4O2/c1-15(2,25)13(9-24)22-8-11-5-6-20-14(23-11)12-4-3-10(7-21-12)16(17,18)19/h3-7,13,22,24-25H,8-9H2,1-2H3/t13-/m0/s1. The molecule has 9 heteroatoms. The van der Waals surface area contributed by atoms with Crippen molar-refractivity contribution in [2.75, 3.05) is 6.61 Å². The fourth-order valence-corrected chi connectivity index (χ4v) is 2.08. The number of aliphatic hydroxyl groups is 2. The molecule has 0 fully saturated rings. The number of aromatic nitrogens is 3. The zero-order valence-electron chi connectivity index (χ0n) is 13.7. The third-order valence-electron chi connectivity index (χ3n) is 3.60. The summed E-state index contributed by atoms with van der Waals surface area (Å²) in [4.78, 5) is 12.0. The Bertz CT molecular complexity index is 700. The molecule has 0 bridgehead atoms. The van der Waals surface area contributed by atoms with Crippen molar-refractivity contribution >= 4 is 0 Å². The van der Waals surface area contributed by atoms with Crippen molar-refractivity contribution in [1.29, 1.82) is 0 Å². The van der Waals surface area contributed by atoms with E-state index in [2.05, 4.69) is 20.3 Å². The zero-order valence-corrected chi connectivity index (χ0v) is 13.7. The first-order valence-corrected chi connectivity index (χ1v) is 7.53. The summed E-state index contributed by atoms with van der Waals surface area (Å²) in [7, 11) is 0. The lowest BCUT2D eigenvalue weighted by Crippen LogP contribution is -2.48. The second-order valence-corrected chi connectivity index (χ2v) is 6.07. The molecule has 0 saturated heterocycles. The second kappa shape index (κ2) is 7.42. The highest BCUT2D eigenvalue weighted by molar-refractivity contribution is 5.49. The van der Waals surface area contributed by atoms with Crippen LogP contribution in [0.2, 0.25) is 0 Å². The van der Waals surface area contributed by atoms with E-state index in [9.17, 15) is 23.4 Å². The SMILES string of the molecule is CC(C)(O)[C@H](CO)NCc1ccnc(-c2ccc(C(F)(F)F)cn2)n1. The molecule has 2 aromatic rings. The first-order valence-electron chi connectivity index (χ1n) is 7.53. The van der Waals surface area contributed by atoms with Crippen molar-refractivity contribution in [2.45, 2.75) is 38.2 Å². The highest BCUT2D eigenvalue weighted by atomic mass is 19.4. The van der Waals surface area contributed by atoms with Gasteiger partial charge in [0.25, 0.3) is 0 Å². The Balaban J connectivity index is 2.13. The Labute approximate surface area is 142 Å². The first-order chi connectivity index (χ1) is 11.6. The van der Waals surface area contributed by atoms with Crippen molar-refractivity contribution in [3.8, 4) is 11.5 Å². The molecule has 25 heavy (non-hydrogen) atoms. The fourth-order valence-electron chi connectivity index (χ4n) is 2.08. The maximum absolute atomic E-state index is 12.6. The molecule has 0 aromatic carbocycles. The van der Waals surface area contributed by atoms with E-state index in [4.69, 9.17) is 0 Å². The monoisotopic (exact) mass is 356 g/mol. The Morgan fingerprint density at radius 1 is 1.16 bits per heavy atom. The lowest BCUT2D eigenvalue weighted by molar-refractivity contribution is -0.137. The number of aliphatic hydroxyl groups excluding tert-OH is 1. The summed E-state index contributed by atoms with van der Waals surface area (Å²) in [6.45, 7) is 3.12. The van der Waals surface area contributed by atoms with Crippen molar-refractivity contribution in [1.82, 2.24) is 20.3 Å². The van der Waals surface area contributed by atoms with Gasteiger partial charge in [0.05, 0.1) is 29.5 Å². The van der Waals surface area contributed by atoms with Gasteiger partial charge < -0.3 is 15.5 Å². The van der Waals surface area contributed by atoms with E-state index in [0.29, 0.717) is 5.69 Å². The molecule has 0 aliphatic heterocycles. The molecule has 0 spiro atoms. The number of halogens is 3. The van der Waals surface area contributed by atoms with Crippen LogP contribution in [0.3, 0.4) is 0 Å². The third-order valence-corrected chi connectivity index (χ3v) is 3.60. The first kappa shape index (κ1) is 19.2. The van der Waals surface area contributed by atoms with E-state index in [1.165, 1.54) is 12.3 Å². The molecule has 0 amide bonds. The van der Waals surface area contributed by atoms with Crippen molar-refractivity contribution < 1.29 is 23.4 Å². The molecule has 0 aliphatic carbocycles. The Kier molecular flexibility index (Phi) is 5.71. The second-order valence-electron chi connectivity index (χ2n) is 6.07. The quantitative estimate of drug-likeness (QED) is 0.731. The van der Waals surface area contributed by atoms with Gasteiger partial charge in [-0.3, -0.25) is 4.98 Å². The topological polar surface area (TPSA) is 91.2 Å². The smallest absolute Gasteiger partial charge is 0.395 e. The predicted octanol–water partition coefficient (Wildman–Crippen LogP) is 1.78. The zero-order chi connectivity index (χ0) is 18.7. The van der Waals surface area contributed by atoms with Gasteiger partial charge in [0.15, 0.2) is 5.82 Å². The summed E-state index contributed by atoms with van der Waals surface area (Å²) in [5, 5.41) is 22.2. The number of nitrogens with one attached hydrogen (secondary N) is 1. The van der Waals surface area contributed by atoms with Crippen molar-refractivity contribution in [3.63, 3.8) is 0 Å². The normalized spacial score (nSPS) is 13.7. The molecule has 1 atom stereocenters. The van der Waals surface area contributed by atoms with Gasteiger partial charge in [0, 0.05) is 18.9 Å². The van der Waals surface area contributed by atoms with Gasteiger partial charge in [-0.05, 0) is 32.0 Å². The van der Waals surface area contributed by atoms with E-state index in [0.717, 1.165) is 12.3 Å². The molecular weight excluding hydrogens is 337 g/mol. The van der Waals surface area contributed by atoms with Crippen molar-refractivity contribution in [3.05, 3.63) is 41.9 Å². The van der Waals surface area contributed by atoms with Crippen LogP contribution in [0.1, 0.15) is 25.1 Å². The van der Waals surface area contributed by atoms with Gasteiger partial charge in [0.2, 0.25) is 0 Å². The number of hydrogen-bond acceptors (Lipinski definition) is 6. The number of rotatable bonds is 6. The van der Waals surface area contributed by atoms with Crippen LogP contribution in [0.5, 0.6) is 0 Å². The molecule has 2 heterocycles. The molecule has 0 radical (unpaired) electrons. The van der Waals surface area contributed by atoms with Crippen LogP contribution in [0.4, 0.5) is 13.2 Å². The van der Waals surface area contributed by atoms with Gasteiger partial charge >= 0.3 is 6.18 Å². The summed E-state index contributed by atoms with van der Waals surface area (Å²) in [6, 6.07) is 3.20. The predicted molar refractivity (Wildman–Crippen MR) is 84.3 cm³/mol. The molecule has 0 saturated carbocycles. The van der Waals surface area contributed by atoms with Gasteiger partial charge in [0.1, 0.15) is 5.69 Å². The maximum atomic E-state index is 12.6. The maximum Gasteiger partial charge on any atom is 0.417 e. The third kappa shape index (κ3) is 5.18. The van der Waals surface area contributed by atoms with Crippen LogP contribution in [0.15, 0.2) is 30.6 Å². The fraction of sp³-hybridized carbons (Fsp3) is 0.438. The van der Waals surface area contributed by atoms with Crippen LogP contribution < -0.4 is 5.32 Å². The summed E-state index contributed by atoms with van der Waals surface area (Å²) in [5.74, 6) is 0.192. The highest BCUT2D eigenvalue weighted by Gasteiger charge is 2.30. The molecule has 6 nitrogen and oxygen atoms in total. The largest absolute Gasteiger partial charge is 0.417 e. The van der Waals surface area contributed by atoms with Gasteiger partial charge in [-0.2, -0.15) is 13.2 Å². The number of hydrogen-bond donors (Lipinski definition) is 3. The van der Waals surface area contributed by atoms with Gasteiger partial charge in [-0.1, -0.05) is 0 Å².